The van der Waals surface area contributed by atoms with Gasteiger partial charge in [-0.3, -0.25) is 4.90 Å². The van der Waals surface area contributed by atoms with Crippen LogP contribution < -0.4 is 15.0 Å². The summed E-state index contributed by atoms with van der Waals surface area (Å²) in [5.41, 5.74) is 0.768. The molecule has 34 heavy (non-hydrogen) atoms. The van der Waals surface area contributed by atoms with E-state index in [-0.39, 0.29) is 27.7 Å². The van der Waals surface area contributed by atoms with Crippen molar-refractivity contribution in [2.24, 2.45) is 11.3 Å². The molecule has 182 valence electrons. The standard InChI is InChI=1S/C26H30ClFN2O4/c1-15(2)19-13-30(18-9-7-16(8-10-18)23(31)32)24(33)29-26(19,6)17-11-20(27)22(21(28)12-17)34-14-25(3,4)5/h7-13,15H,14H2,1-6H3,(H,29,33)(H,31,32)/t26-/m0/s1. The summed E-state index contributed by atoms with van der Waals surface area (Å²) in [6.07, 6.45) is 1.72. The third kappa shape index (κ3) is 5.20. The average Bonchev–Trinajstić information content (AvgIpc) is 2.72. The highest BCUT2D eigenvalue weighted by molar-refractivity contribution is 6.32. The molecule has 2 aromatic carbocycles. The Morgan fingerprint density at radius 2 is 1.85 bits per heavy atom. The number of amides is 2. The first kappa shape index (κ1) is 25.6. The molecule has 0 saturated heterocycles. The van der Waals surface area contributed by atoms with Gasteiger partial charge in [-0.2, -0.15) is 0 Å². The Kier molecular flexibility index (Phi) is 6.99. The number of nitrogens with one attached hydrogen (secondary N) is 1. The summed E-state index contributed by atoms with van der Waals surface area (Å²) < 4.78 is 20.7. The minimum absolute atomic E-state index is 0.00922. The zero-order chi connectivity index (χ0) is 25.4. The largest absolute Gasteiger partial charge is 0.488 e. The summed E-state index contributed by atoms with van der Waals surface area (Å²) in [6.45, 7) is 12.0. The maximum Gasteiger partial charge on any atom is 0.335 e. The number of nitrogens with zero attached hydrogens (tertiary/aromatic N) is 1. The highest BCUT2D eigenvalue weighted by Crippen LogP contribution is 2.41. The van der Waals surface area contributed by atoms with E-state index >= 15 is 4.39 Å². The van der Waals surface area contributed by atoms with Crippen LogP contribution in [0.1, 0.15) is 57.5 Å². The fourth-order valence-corrected chi connectivity index (χ4v) is 4.13. The number of halogens is 2. The van der Waals surface area contributed by atoms with Crippen LogP contribution in [0.25, 0.3) is 0 Å². The molecule has 8 heteroatoms. The number of urea groups is 1. The molecule has 0 fully saturated rings. The van der Waals surface area contributed by atoms with Gasteiger partial charge in [0, 0.05) is 6.20 Å². The number of benzene rings is 2. The summed E-state index contributed by atoms with van der Waals surface area (Å²) in [5.74, 6) is -1.67. The van der Waals surface area contributed by atoms with Crippen LogP contribution in [0.2, 0.25) is 5.02 Å². The second kappa shape index (κ2) is 9.29. The lowest BCUT2D eigenvalue weighted by molar-refractivity contribution is 0.0697. The first-order valence-electron chi connectivity index (χ1n) is 11.0. The smallest absolute Gasteiger partial charge is 0.335 e. The molecule has 0 saturated carbocycles. The van der Waals surface area contributed by atoms with Crippen molar-refractivity contribution in [3.05, 3.63) is 70.1 Å². The number of carbonyl (C=O) groups excluding carboxylic acids is 1. The molecule has 0 aliphatic carbocycles. The third-order valence-corrected chi connectivity index (χ3v) is 5.94. The zero-order valence-electron chi connectivity index (χ0n) is 20.2. The monoisotopic (exact) mass is 488 g/mol. The van der Waals surface area contributed by atoms with Gasteiger partial charge >= 0.3 is 12.0 Å². The van der Waals surface area contributed by atoms with Crippen molar-refractivity contribution in [2.45, 2.75) is 47.1 Å². The third-order valence-electron chi connectivity index (χ3n) is 5.66. The molecule has 1 atom stereocenters. The zero-order valence-corrected chi connectivity index (χ0v) is 21.0. The number of carboxylic acid groups (broad SMARTS) is 1. The van der Waals surface area contributed by atoms with Crippen molar-refractivity contribution in [1.82, 2.24) is 5.32 Å². The Balaban J connectivity index is 2.02. The number of ether oxygens (including phenoxy) is 1. The molecule has 1 aliphatic rings. The van der Waals surface area contributed by atoms with E-state index in [1.165, 1.54) is 23.1 Å². The lowest BCUT2D eigenvalue weighted by Crippen LogP contribution is -2.55. The number of carbonyl (C=O) groups is 2. The Labute approximate surface area is 204 Å². The van der Waals surface area contributed by atoms with Crippen molar-refractivity contribution >= 4 is 29.3 Å². The van der Waals surface area contributed by atoms with Crippen LogP contribution in [0.4, 0.5) is 14.9 Å². The summed E-state index contributed by atoms with van der Waals surface area (Å²) in [6, 6.07) is 8.55. The van der Waals surface area contributed by atoms with Crippen LogP contribution in [-0.2, 0) is 5.54 Å². The Hall–Kier alpha value is -3.06. The number of rotatable bonds is 6. The van der Waals surface area contributed by atoms with E-state index in [0.29, 0.717) is 17.9 Å². The molecule has 3 rings (SSSR count). The van der Waals surface area contributed by atoms with Crippen LogP contribution in [0.5, 0.6) is 5.75 Å². The van der Waals surface area contributed by atoms with Gasteiger partial charge in [0.15, 0.2) is 11.6 Å². The second-order valence-electron chi connectivity index (χ2n) is 10.1. The van der Waals surface area contributed by atoms with Crippen LogP contribution >= 0.6 is 11.6 Å². The van der Waals surface area contributed by atoms with Crippen molar-refractivity contribution in [3.63, 3.8) is 0 Å². The van der Waals surface area contributed by atoms with E-state index < -0.39 is 23.4 Å². The molecule has 2 amide bonds. The number of anilines is 1. The Bertz CT molecular complexity index is 1120. The molecule has 0 bridgehead atoms. The van der Waals surface area contributed by atoms with E-state index in [4.69, 9.17) is 21.4 Å². The molecule has 0 aromatic heterocycles. The van der Waals surface area contributed by atoms with Gasteiger partial charge in [0.2, 0.25) is 0 Å². The van der Waals surface area contributed by atoms with Gasteiger partial charge in [-0.1, -0.05) is 46.2 Å². The topological polar surface area (TPSA) is 78.9 Å². The molecule has 0 unspecified atom stereocenters. The molecule has 1 aliphatic heterocycles. The van der Waals surface area contributed by atoms with Gasteiger partial charge in [-0.05, 0) is 65.8 Å². The highest BCUT2D eigenvalue weighted by Gasteiger charge is 2.41. The summed E-state index contributed by atoms with van der Waals surface area (Å²) in [5, 5.41) is 12.3. The van der Waals surface area contributed by atoms with E-state index in [0.717, 1.165) is 5.57 Å². The molecule has 0 spiro atoms. The van der Waals surface area contributed by atoms with Gasteiger partial charge in [-0.25, -0.2) is 14.0 Å². The molecular weight excluding hydrogens is 459 g/mol. The minimum Gasteiger partial charge on any atom is -0.488 e. The molecule has 2 aromatic rings. The van der Waals surface area contributed by atoms with Crippen molar-refractivity contribution in [1.29, 1.82) is 0 Å². The summed E-state index contributed by atoms with van der Waals surface area (Å²) >= 11 is 6.42. The quantitative estimate of drug-likeness (QED) is 0.481. The predicted octanol–water partition coefficient (Wildman–Crippen LogP) is 6.59. The van der Waals surface area contributed by atoms with Crippen LogP contribution in [-0.4, -0.2) is 23.7 Å². The molecule has 2 N–H and O–H groups in total. The van der Waals surface area contributed by atoms with Crippen molar-refractivity contribution in [2.75, 3.05) is 11.5 Å². The first-order chi connectivity index (χ1) is 15.7. The molecule has 1 heterocycles. The fourth-order valence-electron chi connectivity index (χ4n) is 3.87. The van der Waals surface area contributed by atoms with E-state index in [1.807, 2.05) is 41.5 Å². The molecule has 6 nitrogen and oxygen atoms in total. The fraction of sp³-hybridized carbons (Fsp3) is 0.385. The van der Waals surface area contributed by atoms with Crippen molar-refractivity contribution in [3.8, 4) is 5.75 Å². The molecular formula is C26H30ClFN2O4. The van der Waals surface area contributed by atoms with E-state index in [9.17, 15) is 9.59 Å². The SMILES string of the molecule is CC(C)C1=CN(c2ccc(C(=O)O)cc2)C(=O)N[C@@]1(C)c1cc(F)c(OCC(C)(C)C)c(Cl)c1. The molecule has 0 radical (unpaired) electrons. The van der Waals surface area contributed by atoms with Gasteiger partial charge in [0.1, 0.15) is 0 Å². The number of hydrogen-bond acceptors (Lipinski definition) is 3. The van der Waals surface area contributed by atoms with Crippen LogP contribution in [0, 0.1) is 17.2 Å². The van der Waals surface area contributed by atoms with Crippen LogP contribution in [0.3, 0.4) is 0 Å². The number of hydrogen-bond donors (Lipinski definition) is 2. The normalized spacial score (nSPS) is 18.6. The lowest BCUT2D eigenvalue weighted by atomic mass is 9.78. The first-order valence-corrected chi connectivity index (χ1v) is 11.4. The van der Waals surface area contributed by atoms with Gasteiger partial charge < -0.3 is 15.2 Å². The average molecular weight is 489 g/mol. The predicted molar refractivity (Wildman–Crippen MR) is 131 cm³/mol. The van der Waals surface area contributed by atoms with Crippen molar-refractivity contribution < 1.29 is 23.8 Å². The highest BCUT2D eigenvalue weighted by atomic mass is 35.5. The van der Waals surface area contributed by atoms with Gasteiger partial charge in [-0.15, -0.1) is 0 Å². The number of carboxylic acids is 1. The Morgan fingerprint density at radius 1 is 1.24 bits per heavy atom. The summed E-state index contributed by atoms with van der Waals surface area (Å²) in [7, 11) is 0. The van der Waals surface area contributed by atoms with E-state index in [1.54, 1.807) is 24.4 Å². The van der Waals surface area contributed by atoms with Crippen LogP contribution in [0.15, 0.2) is 48.2 Å². The summed E-state index contributed by atoms with van der Waals surface area (Å²) in [4.78, 5) is 25.7. The van der Waals surface area contributed by atoms with Gasteiger partial charge in [0.25, 0.3) is 0 Å². The Morgan fingerprint density at radius 3 is 2.35 bits per heavy atom. The van der Waals surface area contributed by atoms with E-state index in [2.05, 4.69) is 5.32 Å². The lowest BCUT2D eigenvalue weighted by Gasteiger charge is -2.42. The maximum atomic E-state index is 15.1. The maximum absolute atomic E-state index is 15.1. The number of aromatic carboxylic acids is 1. The van der Waals surface area contributed by atoms with Gasteiger partial charge in [0.05, 0.1) is 28.4 Å². The minimum atomic E-state index is -1.05. The second-order valence-corrected chi connectivity index (χ2v) is 10.5.